The molecular weight excluding hydrogens is 444 g/mol. The average Bonchev–Trinajstić information content (AvgIpc) is 3.60. The van der Waals surface area contributed by atoms with Gasteiger partial charge in [-0.25, -0.2) is 4.79 Å². The lowest BCUT2D eigenvalue weighted by atomic mass is 9.97. The number of alkyl carbamates (subject to hydrolysis) is 1. The molecule has 0 heterocycles. The molecule has 1 saturated carbocycles. The maximum Gasteiger partial charge on any atom is 0.407 e. The number of fused-ring (bicyclic) bond motifs is 3. The monoisotopic (exact) mass is 478 g/mol. The van der Waals surface area contributed by atoms with Crippen molar-refractivity contribution >= 4 is 18.0 Å². The number of carboxylic acid groups (broad SMARTS) is 1. The number of nitrogens with one attached hydrogen (secondary N) is 2. The first-order valence-corrected chi connectivity index (χ1v) is 12.5. The number of carbonyl (C=O) groups is 3. The van der Waals surface area contributed by atoms with Gasteiger partial charge in [-0.2, -0.15) is 0 Å². The quantitative estimate of drug-likeness (QED) is 0.439. The van der Waals surface area contributed by atoms with Crippen LogP contribution in [-0.4, -0.2) is 42.3 Å². The molecule has 1 fully saturated rings. The predicted octanol–water partition coefficient (Wildman–Crippen LogP) is 4.56. The highest BCUT2D eigenvalue weighted by atomic mass is 16.5. The number of rotatable bonds is 11. The molecule has 2 aliphatic rings. The van der Waals surface area contributed by atoms with Crippen LogP contribution in [0, 0.1) is 17.8 Å². The average molecular weight is 479 g/mol. The lowest BCUT2D eigenvalue weighted by Gasteiger charge is -2.21. The van der Waals surface area contributed by atoms with Crippen molar-refractivity contribution in [2.24, 2.45) is 17.8 Å². The molecule has 2 aromatic carbocycles. The first kappa shape index (κ1) is 24.8. The molecule has 2 aliphatic carbocycles. The van der Waals surface area contributed by atoms with Crippen molar-refractivity contribution in [3.05, 3.63) is 59.7 Å². The number of amides is 2. The highest BCUT2D eigenvalue weighted by molar-refractivity contribution is 5.86. The molecule has 35 heavy (non-hydrogen) atoms. The number of hydrogen-bond acceptors (Lipinski definition) is 4. The first-order valence-electron chi connectivity index (χ1n) is 12.5. The maximum absolute atomic E-state index is 12.9. The van der Waals surface area contributed by atoms with E-state index in [2.05, 4.69) is 34.9 Å². The number of carboxylic acids is 1. The Morgan fingerprint density at radius 1 is 1.00 bits per heavy atom. The van der Waals surface area contributed by atoms with Gasteiger partial charge in [0.2, 0.25) is 5.91 Å². The van der Waals surface area contributed by atoms with Gasteiger partial charge < -0.3 is 20.5 Å². The molecule has 3 N–H and O–H groups in total. The molecule has 2 aromatic rings. The SMILES string of the molecule is CC(C)CC(CNC(=O)[C@H](CC1CC1)NC(=O)OCC1c2ccccc2-c2ccccc21)C(=O)O. The summed E-state index contributed by atoms with van der Waals surface area (Å²) in [4.78, 5) is 37.1. The summed E-state index contributed by atoms with van der Waals surface area (Å²) in [5.74, 6) is -1.41. The molecule has 1 unspecified atom stereocenters. The zero-order valence-corrected chi connectivity index (χ0v) is 20.3. The Morgan fingerprint density at radius 2 is 1.60 bits per heavy atom. The van der Waals surface area contributed by atoms with Crippen molar-refractivity contribution in [1.82, 2.24) is 10.6 Å². The molecule has 0 bridgehead atoms. The fourth-order valence-electron chi connectivity index (χ4n) is 4.89. The fourth-order valence-corrected chi connectivity index (χ4v) is 4.89. The van der Waals surface area contributed by atoms with Crippen molar-refractivity contribution < 1.29 is 24.2 Å². The van der Waals surface area contributed by atoms with E-state index < -0.39 is 24.0 Å². The molecule has 7 heteroatoms. The zero-order chi connectivity index (χ0) is 24.9. The van der Waals surface area contributed by atoms with Crippen molar-refractivity contribution in [2.75, 3.05) is 13.2 Å². The van der Waals surface area contributed by atoms with Crippen LogP contribution in [0.4, 0.5) is 4.79 Å². The molecule has 2 atom stereocenters. The van der Waals surface area contributed by atoms with E-state index in [1.54, 1.807) is 0 Å². The fraction of sp³-hybridized carbons (Fsp3) is 0.464. The lowest BCUT2D eigenvalue weighted by Crippen LogP contribution is -2.48. The van der Waals surface area contributed by atoms with Gasteiger partial charge in [-0.15, -0.1) is 0 Å². The molecule has 2 amide bonds. The minimum absolute atomic E-state index is 0.0416. The highest BCUT2D eigenvalue weighted by Gasteiger charge is 2.33. The van der Waals surface area contributed by atoms with Crippen LogP contribution < -0.4 is 10.6 Å². The Labute approximate surface area is 206 Å². The van der Waals surface area contributed by atoms with Gasteiger partial charge in [0, 0.05) is 12.5 Å². The van der Waals surface area contributed by atoms with Gasteiger partial charge in [0.1, 0.15) is 12.6 Å². The summed E-state index contributed by atoms with van der Waals surface area (Å²) in [5.41, 5.74) is 4.55. The molecule has 0 spiro atoms. The Kier molecular flexibility index (Phi) is 7.73. The smallest absolute Gasteiger partial charge is 0.407 e. The summed E-state index contributed by atoms with van der Waals surface area (Å²) >= 11 is 0. The Balaban J connectivity index is 1.36. The highest BCUT2D eigenvalue weighted by Crippen LogP contribution is 2.44. The van der Waals surface area contributed by atoms with E-state index >= 15 is 0 Å². The van der Waals surface area contributed by atoms with Crippen LogP contribution in [0.15, 0.2) is 48.5 Å². The molecule has 0 saturated heterocycles. The van der Waals surface area contributed by atoms with Crippen LogP contribution >= 0.6 is 0 Å². The minimum atomic E-state index is -0.928. The van der Waals surface area contributed by atoms with Crippen LogP contribution in [-0.2, 0) is 14.3 Å². The van der Waals surface area contributed by atoms with Gasteiger partial charge in [0.15, 0.2) is 0 Å². The Hall–Kier alpha value is -3.35. The molecule has 7 nitrogen and oxygen atoms in total. The third kappa shape index (κ3) is 6.21. The third-order valence-corrected chi connectivity index (χ3v) is 6.85. The van der Waals surface area contributed by atoms with Crippen LogP contribution in [0.5, 0.6) is 0 Å². The summed E-state index contributed by atoms with van der Waals surface area (Å²) < 4.78 is 5.61. The second-order valence-electron chi connectivity index (χ2n) is 10.1. The van der Waals surface area contributed by atoms with E-state index in [9.17, 15) is 19.5 Å². The zero-order valence-electron chi connectivity index (χ0n) is 20.3. The molecule has 0 radical (unpaired) electrons. The van der Waals surface area contributed by atoms with Gasteiger partial charge >= 0.3 is 12.1 Å². The number of carbonyl (C=O) groups excluding carboxylic acids is 2. The summed E-state index contributed by atoms with van der Waals surface area (Å²) in [7, 11) is 0. The van der Waals surface area contributed by atoms with Crippen molar-refractivity contribution in [3.63, 3.8) is 0 Å². The molecule has 186 valence electrons. The first-order chi connectivity index (χ1) is 16.8. The van der Waals surface area contributed by atoms with E-state index in [1.165, 1.54) is 0 Å². The summed E-state index contributed by atoms with van der Waals surface area (Å²) in [6, 6.07) is 15.5. The number of ether oxygens (including phenoxy) is 1. The molecule has 0 aromatic heterocycles. The van der Waals surface area contributed by atoms with E-state index in [0.717, 1.165) is 35.1 Å². The van der Waals surface area contributed by atoms with Crippen molar-refractivity contribution in [2.45, 2.75) is 51.5 Å². The summed E-state index contributed by atoms with van der Waals surface area (Å²) in [5, 5.41) is 14.9. The van der Waals surface area contributed by atoms with Crippen LogP contribution in [0.2, 0.25) is 0 Å². The van der Waals surface area contributed by atoms with E-state index in [0.29, 0.717) is 18.8 Å². The van der Waals surface area contributed by atoms with E-state index in [-0.39, 0.29) is 30.9 Å². The normalized spacial score (nSPS) is 16.2. The summed E-state index contributed by atoms with van der Waals surface area (Å²) in [6.45, 7) is 4.12. The van der Waals surface area contributed by atoms with Crippen LogP contribution in [0.25, 0.3) is 11.1 Å². The van der Waals surface area contributed by atoms with Crippen molar-refractivity contribution in [3.8, 4) is 11.1 Å². The van der Waals surface area contributed by atoms with E-state index in [4.69, 9.17) is 4.74 Å². The largest absolute Gasteiger partial charge is 0.481 e. The number of aliphatic carboxylic acids is 1. The minimum Gasteiger partial charge on any atom is -0.481 e. The topological polar surface area (TPSA) is 105 Å². The van der Waals surface area contributed by atoms with Gasteiger partial charge in [0.05, 0.1) is 5.92 Å². The lowest BCUT2D eigenvalue weighted by molar-refractivity contribution is -0.142. The molecule has 4 rings (SSSR count). The number of benzene rings is 2. The standard InChI is InChI=1S/C28H34N2O5/c1-17(2)13-19(27(32)33)15-29-26(31)25(14-18-11-12-18)30-28(34)35-16-24-22-9-5-3-7-20(22)21-8-4-6-10-23(21)24/h3-10,17-19,24-25H,11-16H2,1-2H3,(H,29,31)(H,30,34)(H,32,33)/t19?,25-/m0/s1. The van der Waals surface area contributed by atoms with Gasteiger partial charge in [0.25, 0.3) is 0 Å². The molecule has 0 aliphatic heterocycles. The van der Waals surface area contributed by atoms with Gasteiger partial charge in [-0.05, 0) is 46.9 Å². The number of hydrogen-bond donors (Lipinski definition) is 3. The van der Waals surface area contributed by atoms with Crippen molar-refractivity contribution in [1.29, 1.82) is 0 Å². The van der Waals surface area contributed by atoms with Gasteiger partial charge in [-0.1, -0.05) is 75.2 Å². The maximum atomic E-state index is 12.9. The van der Waals surface area contributed by atoms with Crippen LogP contribution in [0.3, 0.4) is 0 Å². The Morgan fingerprint density at radius 3 is 2.14 bits per heavy atom. The second-order valence-corrected chi connectivity index (χ2v) is 10.1. The van der Waals surface area contributed by atoms with Crippen LogP contribution in [0.1, 0.15) is 56.6 Å². The summed E-state index contributed by atoms with van der Waals surface area (Å²) in [6.07, 6.45) is 2.42. The van der Waals surface area contributed by atoms with E-state index in [1.807, 2.05) is 38.1 Å². The molecular formula is C28H34N2O5. The predicted molar refractivity (Wildman–Crippen MR) is 133 cm³/mol. The van der Waals surface area contributed by atoms with Gasteiger partial charge in [-0.3, -0.25) is 9.59 Å². The third-order valence-electron chi connectivity index (χ3n) is 6.85. The second kappa shape index (κ2) is 10.9. The Bertz CT molecular complexity index is 1030.